The summed E-state index contributed by atoms with van der Waals surface area (Å²) >= 11 is 4.71. The summed E-state index contributed by atoms with van der Waals surface area (Å²) < 4.78 is 2.65. The molecule has 0 fully saturated rings. The van der Waals surface area contributed by atoms with Crippen LogP contribution in [0.1, 0.15) is 5.56 Å². The predicted octanol–water partition coefficient (Wildman–Crippen LogP) is 2.20. The van der Waals surface area contributed by atoms with Crippen LogP contribution in [0.3, 0.4) is 0 Å². The number of amides is 1. The van der Waals surface area contributed by atoms with Crippen LogP contribution in [0.15, 0.2) is 27.8 Å². The maximum absolute atomic E-state index is 11.9. The molecule has 0 aliphatic heterocycles. The van der Waals surface area contributed by atoms with E-state index in [2.05, 4.69) is 31.4 Å². The van der Waals surface area contributed by atoms with Gasteiger partial charge in [-0.1, -0.05) is 27.7 Å². The Morgan fingerprint density at radius 1 is 1.50 bits per heavy atom. The predicted molar refractivity (Wildman–Crippen MR) is 83.6 cm³/mol. The number of carbonyl (C=O) groups is 1. The third-order valence-electron chi connectivity index (χ3n) is 2.64. The fourth-order valence-corrected chi connectivity index (χ4v) is 2.47. The van der Waals surface area contributed by atoms with Gasteiger partial charge >= 0.3 is 0 Å². The van der Waals surface area contributed by atoms with E-state index in [-0.39, 0.29) is 11.7 Å². The van der Waals surface area contributed by atoms with E-state index in [0.717, 1.165) is 15.7 Å². The minimum atomic E-state index is -0.0988. The molecular weight excluding hydrogens is 342 g/mol. The van der Waals surface area contributed by atoms with Gasteiger partial charge in [0, 0.05) is 17.2 Å². The van der Waals surface area contributed by atoms with Crippen molar-refractivity contribution in [2.45, 2.75) is 12.1 Å². The molecule has 1 aromatic heterocycles. The number of carbonyl (C=O) groups excluding carboxylic acids is 1. The number of aryl methyl sites for hydroxylation is 1. The number of nitrogens with two attached hydrogens (primary N) is 1. The van der Waals surface area contributed by atoms with Crippen LogP contribution in [0.2, 0.25) is 0 Å². The van der Waals surface area contributed by atoms with Crippen LogP contribution in [-0.2, 0) is 11.8 Å². The van der Waals surface area contributed by atoms with Crippen molar-refractivity contribution in [3.63, 3.8) is 0 Å². The second-order valence-corrected chi connectivity index (χ2v) is 6.00. The first-order valence-electron chi connectivity index (χ1n) is 5.81. The lowest BCUT2D eigenvalue weighted by molar-refractivity contribution is -0.113. The molecule has 3 N–H and O–H groups in total. The molecule has 0 saturated carbocycles. The van der Waals surface area contributed by atoms with Gasteiger partial charge in [0.25, 0.3) is 0 Å². The number of anilines is 2. The number of nitrogens with one attached hydrogen (secondary N) is 1. The second kappa shape index (κ2) is 6.27. The van der Waals surface area contributed by atoms with E-state index in [1.807, 2.05) is 25.1 Å². The summed E-state index contributed by atoms with van der Waals surface area (Å²) in [4.78, 5) is 11.9. The zero-order chi connectivity index (χ0) is 14.7. The number of nitrogen functional groups attached to an aromatic ring is 1. The van der Waals surface area contributed by atoms with Gasteiger partial charge in [-0.05, 0) is 30.7 Å². The summed E-state index contributed by atoms with van der Waals surface area (Å²) in [5.41, 5.74) is 7.41. The zero-order valence-corrected chi connectivity index (χ0v) is 13.5. The number of aromatic nitrogens is 3. The molecule has 2 rings (SSSR count). The molecular formula is C12H14BrN5OS. The Kier molecular flexibility index (Phi) is 4.66. The summed E-state index contributed by atoms with van der Waals surface area (Å²) in [7, 11) is 1.76. The maximum Gasteiger partial charge on any atom is 0.234 e. The van der Waals surface area contributed by atoms with Gasteiger partial charge in [0.15, 0.2) is 5.16 Å². The smallest absolute Gasteiger partial charge is 0.234 e. The molecule has 0 spiro atoms. The summed E-state index contributed by atoms with van der Waals surface area (Å²) in [6, 6.07) is 5.66. The van der Waals surface area contributed by atoms with Crippen molar-refractivity contribution in [2.75, 3.05) is 16.8 Å². The minimum absolute atomic E-state index is 0.0988. The van der Waals surface area contributed by atoms with Gasteiger partial charge in [0.1, 0.15) is 0 Å². The molecule has 2 aromatic rings. The summed E-state index contributed by atoms with van der Waals surface area (Å²) in [6.45, 7) is 1.97. The second-order valence-electron chi connectivity index (χ2n) is 4.20. The fourth-order valence-electron chi connectivity index (χ4n) is 1.50. The van der Waals surface area contributed by atoms with E-state index in [9.17, 15) is 4.79 Å². The first-order valence-corrected chi connectivity index (χ1v) is 7.59. The highest BCUT2D eigenvalue weighted by atomic mass is 79.9. The lowest BCUT2D eigenvalue weighted by atomic mass is 10.2. The van der Waals surface area contributed by atoms with E-state index >= 15 is 0 Å². The summed E-state index contributed by atoms with van der Waals surface area (Å²) in [5.74, 6) is 0.482. The molecule has 1 aromatic carbocycles. The third kappa shape index (κ3) is 3.51. The summed E-state index contributed by atoms with van der Waals surface area (Å²) in [6.07, 6.45) is 0. The normalized spacial score (nSPS) is 10.6. The highest BCUT2D eigenvalue weighted by Crippen LogP contribution is 2.21. The van der Waals surface area contributed by atoms with Gasteiger partial charge in [0.2, 0.25) is 11.9 Å². The first-order chi connectivity index (χ1) is 9.47. The van der Waals surface area contributed by atoms with Crippen LogP contribution in [-0.4, -0.2) is 26.4 Å². The Balaban J connectivity index is 1.92. The van der Waals surface area contributed by atoms with E-state index < -0.39 is 0 Å². The van der Waals surface area contributed by atoms with Crippen molar-refractivity contribution in [1.29, 1.82) is 0 Å². The zero-order valence-electron chi connectivity index (χ0n) is 11.1. The average Bonchev–Trinajstić information content (AvgIpc) is 2.72. The van der Waals surface area contributed by atoms with Gasteiger partial charge in [-0.3, -0.25) is 9.36 Å². The van der Waals surface area contributed by atoms with E-state index in [1.165, 1.54) is 11.8 Å². The van der Waals surface area contributed by atoms with Gasteiger partial charge in [-0.25, -0.2) is 0 Å². The number of nitrogens with zero attached hydrogens (tertiary/aromatic N) is 3. The molecule has 0 saturated heterocycles. The molecule has 20 heavy (non-hydrogen) atoms. The molecule has 106 valence electrons. The molecule has 0 atom stereocenters. The minimum Gasteiger partial charge on any atom is -0.368 e. The van der Waals surface area contributed by atoms with E-state index in [0.29, 0.717) is 11.1 Å². The van der Waals surface area contributed by atoms with Crippen molar-refractivity contribution >= 4 is 45.2 Å². The van der Waals surface area contributed by atoms with Crippen LogP contribution >= 0.6 is 27.7 Å². The van der Waals surface area contributed by atoms with Gasteiger partial charge in [-0.2, -0.15) is 0 Å². The number of hydrogen-bond donors (Lipinski definition) is 2. The van der Waals surface area contributed by atoms with Crippen LogP contribution in [0.4, 0.5) is 11.6 Å². The molecule has 0 aliphatic rings. The monoisotopic (exact) mass is 355 g/mol. The van der Waals surface area contributed by atoms with Crippen LogP contribution in [0, 0.1) is 6.92 Å². The number of rotatable bonds is 4. The molecule has 8 heteroatoms. The molecule has 6 nitrogen and oxygen atoms in total. The van der Waals surface area contributed by atoms with Crippen molar-refractivity contribution in [2.24, 2.45) is 7.05 Å². The number of hydrogen-bond acceptors (Lipinski definition) is 5. The Hall–Kier alpha value is -1.54. The SMILES string of the molecule is Cc1cc(NC(=O)CSc2nnc(N)n2C)ccc1Br. The Morgan fingerprint density at radius 3 is 2.85 bits per heavy atom. The molecule has 1 amide bonds. The highest BCUT2D eigenvalue weighted by Gasteiger charge is 2.10. The largest absolute Gasteiger partial charge is 0.368 e. The lowest BCUT2D eigenvalue weighted by Gasteiger charge is -2.07. The van der Waals surface area contributed by atoms with Crippen LogP contribution in [0.5, 0.6) is 0 Å². The average molecular weight is 356 g/mol. The Labute approximate surface area is 129 Å². The van der Waals surface area contributed by atoms with Crippen LogP contribution in [0.25, 0.3) is 0 Å². The van der Waals surface area contributed by atoms with Crippen LogP contribution < -0.4 is 11.1 Å². The van der Waals surface area contributed by atoms with Gasteiger partial charge in [0.05, 0.1) is 5.75 Å². The maximum atomic E-state index is 11.9. The molecule has 0 aliphatic carbocycles. The van der Waals surface area contributed by atoms with Crippen molar-refractivity contribution < 1.29 is 4.79 Å². The number of halogens is 1. The summed E-state index contributed by atoms with van der Waals surface area (Å²) in [5, 5.41) is 11.1. The molecule has 1 heterocycles. The van der Waals surface area contributed by atoms with Crippen molar-refractivity contribution in [3.05, 3.63) is 28.2 Å². The Bertz CT molecular complexity index is 643. The molecule has 0 bridgehead atoms. The van der Waals surface area contributed by atoms with Gasteiger partial charge in [-0.15, -0.1) is 10.2 Å². The first kappa shape index (κ1) is 14.9. The van der Waals surface area contributed by atoms with Gasteiger partial charge < -0.3 is 11.1 Å². The third-order valence-corrected chi connectivity index (χ3v) is 4.55. The topological polar surface area (TPSA) is 85.8 Å². The number of benzene rings is 1. The van der Waals surface area contributed by atoms with Crippen molar-refractivity contribution in [1.82, 2.24) is 14.8 Å². The Morgan fingerprint density at radius 2 is 2.25 bits per heavy atom. The highest BCUT2D eigenvalue weighted by molar-refractivity contribution is 9.10. The standard InChI is InChI=1S/C12H14BrN5OS/c1-7-5-8(3-4-9(7)13)15-10(19)6-20-12-17-16-11(14)18(12)2/h3-5H,6H2,1-2H3,(H2,14,16)(H,15,19). The quantitative estimate of drug-likeness (QED) is 0.821. The number of thioether (sulfide) groups is 1. The van der Waals surface area contributed by atoms with E-state index in [4.69, 9.17) is 5.73 Å². The molecule has 0 radical (unpaired) electrons. The fraction of sp³-hybridized carbons (Fsp3) is 0.250. The van der Waals surface area contributed by atoms with Crippen molar-refractivity contribution in [3.8, 4) is 0 Å². The van der Waals surface area contributed by atoms with E-state index in [1.54, 1.807) is 11.6 Å². The lowest BCUT2D eigenvalue weighted by Crippen LogP contribution is -2.14. The molecule has 0 unspecified atom stereocenters.